The summed E-state index contributed by atoms with van der Waals surface area (Å²) in [5, 5.41) is 2.74. The van der Waals surface area contributed by atoms with Crippen LogP contribution in [0.3, 0.4) is 0 Å². The first-order valence-corrected chi connectivity index (χ1v) is 9.67. The van der Waals surface area contributed by atoms with E-state index >= 15 is 0 Å². The van der Waals surface area contributed by atoms with E-state index in [1.165, 1.54) is 0 Å². The Balaban J connectivity index is 1.72. The third kappa shape index (κ3) is 4.16. The van der Waals surface area contributed by atoms with Crippen LogP contribution in [-0.4, -0.2) is 66.9 Å². The zero-order valence-electron chi connectivity index (χ0n) is 14.8. The van der Waals surface area contributed by atoms with E-state index in [1.807, 2.05) is 19.2 Å². The number of anilines is 1. The molecule has 1 atom stereocenters. The zero-order valence-corrected chi connectivity index (χ0v) is 15.6. The Bertz CT molecular complexity index is 646. The minimum absolute atomic E-state index is 0.00852. The van der Waals surface area contributed by atoms with E-state index in [0.717, 1.165) is 43.1 Å². The number of carbonyl (C=O) groups is 2. The lowest BCUT2D eigenvalue weighted by molar-refractivity contribution is -0.119. The molecule has 3 rings (SSSR count). The number of hydrogen-bond donors (Lipinski definition) is 1. The zero-order chi connectivity index (χ0) is 17.8. The number of rotatable bonds is 5. The van der Waals surface area contributed by atoms with Gasteiger partial charge in [0.15, 0.2) is 0 Å². The number of carbonyl (C=O) groups excluding carboxylic acids is 2. The van der Waals surface area contributed by atoms with Gasteiger partial charge in [-0.15, -0.1) is 0 Å². The first-order chi connectivity index (χ1) is 12.1. The van der Waals surface area contributed by atoms with Crippen molar-refractivity contribution in [3.8, 4) is 0 Å². The number of morpholine rings is 1. The Labute approximate surface area is 152 Å². The molecule has 0 unspecified atom stereocenters. The van der Waals surface area contributed by atoms with Gasteiger partial charge in [0.1, 0.15) is 5.37 Å². The summed E-state index contributed by atoms with van der Waals surface area (Å²) in [5.41, 5.74) is 1.34. The summed E-state index contributed by atoms with van der Waals surface area (Å²) >= 11 is 1.55. The van der Waals surface area contributed by atoms with Crippen LogP contribution in [0.2, 0.25) is 0 Å². The Morgan fingerprint density at radius 1 is 1.40 bits per heavy atom. The molecule has 1 aromatic rings. The van der Waals surface area contributed by atoms with Crippen molar-refractivity contribution in [1.29, 1.82) is 0 Å². The number of ether oxygens (including phenoxy) is 1. The summed E-state index contributed by atoms with van der Waals surface area (Å²) in [4.78, 5) is 29.9. The quantitative estimate of drug-likeness (QED) is 0.869. The van der Waals surface area contributed by atoms with Crippen molar-refractivity contribution in [1.82, 2.24) is 9.80 Å². The Morgan fingerprint density at radius 3 is 2.88 bits per heavy atom. The van der Waals surface area contributed by atoms with Crippen LogP contribution >= 0.6 is 11.8 Å². The van der Waals surface area contributed by atoms with Gasteiger partial charge in [-0.1, -0.05) is 25.1 Å². The highest BCUT2D eigenvalue weighted by Crippen LogP contribution is 2.37. The van der Waals surface area contributed by atoms with Crippen LogP contribution < -0.4 is 5.32 Å². The summed E-state index contributed by atoms with van der Waals surface area (Å²) in [6, 6.07) is 5.58. The molecule has 25 heavy (non-hydrogen) atoms. The molecule has 0 aromatic heterocycles. The number of fused-ring (bicyclic) bond motifs is 1. The summed E-state index contributed by atoms with van der Waals surface area (Å²) in [7, 11) is 1.82. The second-order valence-electron chi connectivity index (χ2n) is 6.40. The fraction of sp³-hybridized carbons (Fsp3) is 0.556. The summed E-state index contributed by atoms with van der Waals surface area (Å²) < 4.78 is 5.36. The van der Waals surface area contributed by atoms with Crippen LogP contribution in [0.25, 0.3) is 0 Å². The average Bonchev–Trinajstić information content (AvgIpc) is 2.65. The van der Waals surface area contributed by atoms with Crippen LogP contribution in [0.4, 0.5) is 5.69 Å². The molecule has 2 heterocycles. The number of thioether (sulfide) groups is 1. The van der Waals surface area contributed by atoms with Gasteiger partial charge in [-0.3, -0.25) is 14.5 Å². The van der Waals surface area contributed by atoms with Crippen LogP contribution in [-0.2, 0) is 9.53 Å². The summed E-state index contributed by atoms with van der Waals surface area (Å²) in [5.74, 6) is -0.0332. The van der Waals surface area contributed by atoms with Gasteiger partial charge < -0.3 is 15.0 Å². The van der Waals surface area contributed by atoms with Crippen molar-refractivity contribution in [2.45, 2.75) is 30.0 Å². The molecule has 0 saturated carbocycles. The third-order valence-electron chi connectivity index (χ3n) is 4.52. The van der Waals surface area contributed by atoms with Crippen molar-refractivity contribution in [2.24, 2.45) is 0 Å². The van der Waals surface area contributed by atoms with Gasteiger partial charge in [-0.05, 0) is 24.6 Å². The molecule has 2 amide bonds. The maximum atomic E-state index is 12.5. The average molecular weight is 363 g/mol. The molecule has 1 aromatic carbocycles. The van der Waals surface area contributed by atoms with Crippen molar-refractivity contribution in [2.75, 3.05) is 45.2 Å². The van der Waals surface area contributed by atoms with E-state index < -0.39 is 0 Å². The number of nitrogens with zero attached hydrogens (tertiary/aromatic N) is 2. The van der Waals surface area contributed by atoms with Crippen molar-refractivity contribution in [3.05, 3.63) is 23.8 Å². The molecule has 6 nitrogen and oxygen atoms in total. The molecule has 7 heteroatoms. The smallest absolute Gasteiger partial charge is 0.253 e. The van der Waals surface area contributed by atoms with E-state index in [1.54, 1.807) is 22.7 Å². The molecular formula is C18H25N3O3S. The highest BCUT2D eigenvalue weighted by molar-refractivity contribution is 8.00. The maximum absolute atomic E-state index is 12.5. The molecule has 1 N–H and O–H groups in total. The predicted octanol–water partition coefficient (Wildman–Crippen LogP) is 2.26. The first kappa shape index (κ1) is 18.2. The number of hydrogen-bond acceptors (Lipinski definition) is 5. The molecule has 136 valence electrons. The monoisotopic (exact) mass is 363 g/mol. The van der Waals surface area contributed by atoms with Gasteiger partial charge in [-0.25, -0.2) is 0 Å². The predicted molar refractivity (Wildman–Crippen MR) is 99.0 cm³/mol. The largest absolute Gasteiger partial charge is 0.379 e. The molecule has 1 saturated heterocycles. The number of benzene rings is 1. The van der Waals surface area contributed by atoms with E-state index in [4.69, 9.17) is 4.74 Å². The normalized spacial score (nSPS) is 20.7. The van der Waals surface area contributed by atoms with Crippen molar-refractivity contribution < 1.29 is 14.3 Å². The SMILES string of the molecule is CCCCN(C)C(=O)c1ccc2c(c1)NC(=O)[C@@H](N1CCOCC1)S2. The van der Waals surface area contributed by atoms with E-state index in [9.17, 15) is 9.59 Å². The second-order valence-corrected chi connectivity index (χ2v) is 7.52. The summed E-state index contributed by atoms with van der Waals surface area (Å²) in [6.45, 7) is 5.70. The van der Waals surface area contributed by atoms with Gasteiger partial charge in [0.05, 0.1) is 18.9 Å². The molecule has 1 fully saturated rings. The standard InChI is InChI=1S/C18H25N3O3S/c1-3-4-7-20(2)17(23)13-5-6-15-14(12-13)19-16(22)18(25-15)21-8-10-24-11-9-21/h5-6,12,18H,3-4,7-11H2,1-2H3,(H,19,22)/t18-/m0/s1. The number of amides is 2. The van der Waals surface area contributed by atoms with Crippen molar-refractivity contribution >= 4 is 29.3 Å². The Morgan fingerprint density at radius 2 is 2.16 bits per heavy atom. The molecule has 0 spiro atoms. The Kier molecular flexibility index (Phi) is 5.98. The molecule has 0 aliphatic carbocycles. The highest BCUT2D eigenvalue weighted by Gasteiger charge is 2.33. The van der Waals surface area contributed by atoms with E-state index in [2.05, 4.69) is 17.1 Å². The lowest BCUT2D eigenvalue weighted by Crippen LogP contribution is -2.48. The van der Waals surface area contributed by atoms with Gasteiger partial charge >= 0.3 is 0 Å². The summed E-state index contributed by atoms with van der Waals surface area (Å²) in [6.07, 6.45) is 2.04. The molecule has 2 aliphatic heterocycles. The van der Waals surface area contributed by atoms with Gasteiger partial charge in [0, 0.05) is 37.1 Å². The van der Waals surface area contributed by atoms with Gasteiger partial charge in [-0.2, -0.15) is 0 Å². The van der Waals surface area contributed by atoms with Crippen LogP contribution in [0.5, 0.6) is 0 Å². The number of nitrogens with one attached hydrogen (secondary N) is 1. The highest BCUT2D eigenvalue weighted by atomic mass is 32.2. The van der Waals surface area contributed by atoms with Crippen molar-refractivity contribution in [3.63, 3.8) is 0 Å². The van der Waals surface area contributed by atoms with E-state index in [-0.39, 0.29) is 17.2 Å². The third-order valence-corrected chi connectivity index (χ3v) is 5.86. The fourth-order valence-electron chi connectivity index (χ4n) is 3.00. The molecule has 2 aliphatic rings. The van der Waals surface area contributed by atoms with Crippen LogP contribution in [0, 0.1) is 0 Å². The lowest BCUT2D eigenvalue weighted by atomic mass is 10.1. The van der Waals surface area contributed by atoms with Gasteiger partial charge in [0.2, 0.25) is 0 Å². The number of unbranched alkanes of at least 4 members (excludes halogenated alkanes) is 1. The maximum Gasteiger partial charge on any atom is 0.253 e. The fourth-order valence-corrected chi connectivity index (χ4v) is 4.15. The molecular weight excluding hydrogens is 338 g/mol. The topological polar surface area (TPSA) is 61.9 Å². The minimum Gasteiger partial charge on any atom is -0.379 e. The molecule has 0 radical (unpaired) electrons. The molecule has 0 bridgehead atoms. The Hall–Kier alpha value is -1.57. The van der Waals surface area contributed by atoms with Crippen LogP contribution in [0.15, 0.2) is 23.1 Å². The second kappa shape index (κ2) is 8.21. The first-order valence-electron chi connectivity index (χ1n) is 8.79. The van der Waals surface area contributed by atoms with Crippen LogP contribution in [0.1, 0.15) is 30.1 Å². The van der Waals surface area contributed by atoms with Gasteiger partial charge in [0.25, 0.3) is 11.8 Å². The van der Waals surface area contributed by atoms with E-state index in [0.29, 0.717) is 18.8 Å². The minimum atomic E-state index is -0.231. The lowest BCUT2D eigenvalue weighted by Gasteiger charge is -2.35.